The van der Waals surface area contributed by atoms with E-state index in [2.05, 4.69) is 10.4 Å². The summed E-state index contributed by atoms with van der Waals surface area (Å²) >= 11 is 0. The monoisotopic (exact) mass is 279 g/mol. The van der Waals surface area contributed by atoms with Crippen LogP contribution in [-0.4, -0.2) is 46.1 Å². The van der Waals surface area contributed by atoms with Crippen LogP contribution >= 0.6 is 0 Å². The molecule has 1 unspecified atom stereocenters. The summed E-state index contributed by atoms with van der Waals surface area (Å²) < 4.78 is 1.48. The largest absolute Gasteiger partial charge is 0.384 e. The number of hydrogen-bond acceptors (Lipinski definition) is 4. The maximum absolute atomic E-state index is 12.4. The van der Waals surface area contributed by atoms with Crippen molar-refractivity contribution in [3.05, 3.63) is 11.8 Å². The van der Waals surface area contributed by atoms with Gasteiger partial charge in [-0.15, -0.1) is 0 Å². The number of piperidine rings is 1. The highest BCUT2D eigenvalue weighted by atomic mass is 16.2. The van der Waals surface area contributed by atoms with Crippen molar-refractivity contribution < 1.29 is 9.59 Å². The van der Waals surface area contributed by atoms with E-state index in [1.807, 2.05) is 6.92 Å². The topological polar surface area (TPSA) is 93.2 Å². The normalized spacial score (nSPS) is 18.9. The highest BCUT2D eigenvalue weighted by Crippen LogP contribution is 2.18. The number of aromatic nitrogens is 2. The minimum absolute atomic E-state index is 0.0766. The standard InChI is InChI=1S/C13H21N5O2/c1-9-7-11(14)18(16-9)8-12(19)17-6-4-3-5-10(17)13(20)15-2/h7,10H,3-6,8,14H2,1-2H3,(H,15,20). The highest BCUT2D eigenvalue weighted by molar-refractivity contribution is 5.87. The minimum atomic E-state index is -0.376. The molecular formula is C13H21N5O2. The van der Waals surface area contributed by atoms with Crippen molar-refractivity contribution in [3.8, 4) is 0 Å². The summed E-state index contributed by atoms with van der Waals surface area (Å²) in [6, 6.07) is 1.35. The Morgan fingerprint density at radius 1 is 1.50 bits per heavy atom. The van der Waals surface area contributed by atoms with Gasteiger partial charge < -0.3 is 16.0 Å². The number of carbonyl (C=O) groups is 2. The van der Waals surface area contributed by atoms with Gasteiger partial charge in [-0.25, -0.2) is 4.68 Å². The number of anilines is 1. The number of rotatable bonds is 3. The number of amides is 2. The Balaban J connectivity index is 2.10. The summed E-state index contributed by atoms with van der Waals surface area (Å²) in [6.45, 7) is 2.51. The summed E-state index contributed by atoms with van der Waals surface area (Å²) in [5.41, 5.74) is 6.57. The smallest absolute Gasteiger partial charge is 0.245 e. The summed E-state index contributed by atoms with van der Waals surface area (Å²) in [5.74, 6) is 0.236. The molecule has 0 radical (unpaired) electrons. The molecule has 0 bridgehead atoms. The number of nitrogen functional groups attached to an aromatic ring is 1. The molecule has 0 spiro atoms. The molecule has 1 aromatic rings. The fourth-order valence-electron chi connectivity index (χ4n) is 2.58. The van der Waals surface area contributed by atoms with Crippen LogP contribution < -0.4 is 11.1 Å². The Hall–Kier alpha value is -2.05. The molecule has 2 amide bonds. The van der Waals surface area contributed by atoms with Gasteiger partial charge in [-0.05, 0) is 26.2 Å². The molecular weight excluding hydrogens is 258 g/mol. The Morgan fingerprint density at radius 3 is 2.85 bits per heavy atom. The molecule has 1 aliphatic heterocycles. The van der Waals surface area contributed by atoms with Crippen LogP contribution in [0.25, 0.3) is 0 Å². The molecule has 110 valence electrons. The number of hydrogen-bond donors (Lipinski definition) is 2. The van der Waals surface area contributed by atoms with Crippen LogP contribution in [-0.2, 0) is 16.1 Å². The number of likely N-dealkylation sites (N-methyl/N-ethyl adjacent to an activating group) is 1. The number of nitrogens with zero attached hydrogens (tertiary/aromatic N) is 3. The van der Waals surface area contributed by atoms with Crippen LogP contribution in [0.1, 0.15) is 25.0 Å². The molecule has 2 heterocycles. The fourth-order valence-corrected chi connectivity index (χ4v) is 2.58. The van der Waals surface area contributed by atoms with Crippen molar-refractivity contribution in [1.82, 2.24) is 20.0 Å². The summed E-state index contributed by atoms with van der Waals surface area (Å²) in [6.07, 6.45) is 2.59. The molecule has 3 N–H and O–H groups in total. The third-order valence-electron chi connectivity index (χ3n) is 3.59. The zero-order valence-electron chi connectivity index (χ0n) is 11.9. The summed E-state index contributed by atoms with van der Waals surface area (Å²) in [5, 5.41) is 6.80. The lowest BCUT2D eigenvalue weighted by Gasteiger charge is -2.34. The van der Waals surface area contributed by atoms with Gasteiger partial charge in [-0.2, -0.15) is 5.10 Å². The average Bonchev–Trinajstić information content (AvgIpc) is 2.76. The molecule has 1 fully saturated rings. The van der Waals surface area contributed by atoms with Crippen molar-refractivity contribution in [1.29, 1.82) is 0 Å². The van der Waals surface area contributed by atoms with E-state index in [1.54, 1.807) is 18.0 Å². The maximum atomic E-state index is 12.4. The Bertz CT molecular complexity index is 511. The van der Waals surface area contributed by atoms with Gasteiger partial charge in [0.05, 0.1) is 5.69 Å². The fraction of sp³-hybridized carbons (Fsp3) is 0.615. The van der Waals surface area contributed by atoms with Crippen LogP contribution in [0.5, 0.6) is 0 Å². The lowest BCUT2D eigenvalue weighted by molar-refractivity contribution is -0.142. The van der Waals surface area contributed by atoms with Gasteiger partial charge in [0, 0.05) is 19.7 Å². The van der Waals surface area contributed by atoms with Crippen LogP contribution in [0.2, 0.25) is 0 Å². The Kier molecular flexibility index (Phi) is 4.26. The molecule has 1 aliphatic rings. The van der Waals surface area contributed by atoms with E-state index >= 15 is 0 Å². The number of carbonyl (C=O) groups excluding carboxylic acids is 2. The van der Waals surface area contributed by atoms with Crippen molar-refractivity contribution in [2.75, 3.05) is 19.3 Å². The van der Waals surface area contributed by atoms with E-state index in [4.69, 9.17) is 5.73 Å². The second-order valence-electron chi connectivity index (χ2n) is 5.08. The van der Waals surface area contributed by atoms with Crippen LogP contribution in [0.3, 0.4) is 0 Å². The van der Waals surface area contributed by atoms with E-state index < -0.39 is 0 Å². The van der Waals surface area contributed by atoms with E-state index in [1.165, 1.54) is 4.68 Å². The van der Waals surface area contributed by atoms with Gasteiger partial charge >= 0.3 is 0 Å². The van der Waals surface area contributed by atoms with Gasteiger partial charge in [0.15, 0.2) is 0 Å². The number of aryl methyl sites for hydroxylation is 1. The van der Waals surface area contributed by atoms with Crippen molar-refractivity contribution in [2.24, 2.45) is 0 Å². The van der Waals surface area contributed by atoms with Crippen LogP contribution in [0, 0.1) is 6.92 Å². The van der Waals surface area contributed by atoms with Gasteiger partial charge in [0.1, 0.15) is 18.4 Å². The molecule has 1 atom stereocenters. The zero-order valence-corrected chi connectivity index (χ0v) is 11.9. The van der Waals surface area contributed by atoms with Crippen molar-refractivity contribution in [2.45, 2.75) is 38.8 Å². The summed E-state index contributed by atoms with van der Waals surface area (Å²) in [4.78, 5) is 25.9. The number of nitrogens with two attached hydrogens (primary N) is 1. The second kappa shape index (κ2) is 5.94. The number of likely N-dealkylation sites (tertiary alicyclic amines) is 1. The first-order valence-corrected chi connectivity index (χ1v) is 6.84. The van der Waals surface area contributed by atoms with E-state index in [-0.39, 0.29) is 24.4 Å². The SMILES string of the molecule is CNC(=O)C1CCCCN1C(=O)Cn1nc(C)cc1N. The van der Waals surface area contributed by atoms with E-state index in [0.717, 1.165) is 18.5 Å². The third kappa shape index (κ3) is 2.92. The molecule has 2 rings (SSSR count). The molecule has 1 aromatic heterocycles. The quantitative estimate of drug-likeness (QED) is 0.808. The molecule has 0 aromatic carbocycles. The minimum Gasteiger partial charge on any atom is -0.384 e. The van der Waals surface area contributed by atoms with Crippen molar-refractivity contribution >= 4 is 17.6 Å². The van der Waals surface area contributed by atoms with Gasteiger partial charge in [0.25, 0.3) is 0 Å². The van der Waals surface area contributed by atoms with Crippen LogP contribution in [0.4, 0.5) is 5.82 Å². The molecule has 7 nitrogen and oxygen atoms in total. The average molecular weight is 279 g/mol. The van der Waals surface area contributed by atoms with E-state index in [0.29, 0.717) is 18.8 Å². The molecule has 7 heteroatoms. The Morgan fingerprint density at radius 2 is 2.25 bits per heavy atom. The predicted molar refractivity (Wildman–Crippen MR) is 74.8 cm³/mol. The lowest BCUT2D eigenvalue weighted by atomic mass is 10.0. The van der Waals surface area contributed by atoms with Crippen LogP contribution in [0.15, 0.2) is 6.07 Å². The molecule has 0 saturated carbocycles. The molecule has 20 heavy (non-hydrogen) atoms. The van der Waals surface area contributed by atoms with Gasteiger partial charge in [-0.1, -0.05) is 0 Å². The lowest BCUT2D eigenvalue weighted by Crippen LogP contribution is -2.52. The highest BCUT2D eigenvalue weighted by Gasteiger charge is 2.31. The molecule has 1 saturated heterocycles. The molecule has 0 aliphatic carbocycles. The van der Waals surface area contributed by atoms with Gasteiger partial charge in [0.2, 0.25) is 11.8 Å². The third-order valence-corrected chi connectivity index (χ3v) is 3.59. The van der Waals surface area contributed by atoms with Gasteiger partial charge in [-0.3, -0.25) is 9.59 Å². The zero-order chi connectivity index (χ0) is 14.7. The second-order valence-corrected chi connectivity index (χ2v) is 5.08. The van der Waals surface area contributed by atoms with E-state index in [9.17, 15) is 9.59 Å². The maximum Gasteiger partial charge on any atom is 0.245 e. The Labute approximate surface area is 118 Å². The first kappa shape index (κ1) is 14.4. The first-order chi connectivity index (χ1) is 9.52. The first-order valence-electron chi connectivity index (χ1n) is 6.84. The predicted octanol–water partition coefficient (Wildman–Crippen LogP) is -0.0992. The van der Waals surface area contributed by atoms with Crippen molar-refractivity contribution in [3.63, 3.8) is 0 Å². The number of nitrogens with one attached hydrogen (secondary N) is 1. The summed E-state index contributed by atoms with van der Waals surface area (Å²) in [7, 11) is 1.59.